The second-order valence-corrected chi connectivity index (χ2v) is 8.42. The first kappa shape index (κ1) is 20.1. The molecule has 1 N–H and O–H groups in total. The van der Waals surface area contributed by atoms with E-state index >= 15 is 0 Å². The Kier molecular flexibility index (Phi) is 5.57. The number of hydrogen-bond donors (Lipinski definition) is 1. The maximum atomic E-state index is 13.5. The van der Waals surface area contributed by atoms with Gasteiger partial charge in [-0.2, -0.15) is 0 Å². The van der Waals surface area contributed by atoms with Crippen LogP contribution in [0, 0.1) is 12.8 Å². The van der Waals surface area contributed by atoms with E-state index in [0.717, 1.165) is 37.2 Å². The van der Waals surface area contributed by atoms with Crippen LogP contribution < -0.4 is 15.8 Å². The third-order valence-electron chi connectivity index (χ3n) is 5.47. The zero-order valence-electron chi connectivity index (χ0n) is 17.8. The van der Waals surface area contributed by atoms with Crippen LogP contribution in [-0.4, -0.2) is 35.1 Å². The molecule has 1 aliphatic heterocycles. The van der Waals surface area contributed by atoms with Crippen LogP contribution in [-0.2, 0) is 0 Å². The van der Waals surface area contributed by atoms with Crippen molar-refractivity contribution in [2.75, 3.05) is 24.5 Å². The van der Waals surface area contributed by atoms with E-state index in [4.69, 9.17) is 4.98 Å². The van der Waals surface area contributed by atoms with Crippen LogP contribution in [0.5, 0.6) is 0 Å². The molecule has 0 bridgehead atoms. The third-order valence-corrected chi connectivity index (χ3v) is 5.47. The minimum atomic E-state index is -0.141. The number of benzene rings is 2. The van der Waals surface area contributed by atoms with Crippen molar-refractivity contribution >= 4 is 22.8 Å². The number of aromatic nitrogens is 2. The summed E-state index contributed by atoms with van der Waals surface area (Å²) in [6.07, 6.45) is 2.17. The fraction of sp³-hybridized carbons (Fsp3) is 0.375. The van der Waals surface area contributed by atoms with Crippen LogP contribution in [0.4, 0.5) is 5.95 Å². The maximum Gasteiger partial charge on any atom is 0.267 e. The van der Waals surface area contributed by atoms with Crippen LogP contribution in [0.25, 0.3) is 16.6 Å². The zero-order chi connectivity index (χ0) is 21.3. The van der Waals surface area contributed by atoms with Crippen molar-refractivity contribution < 1.29 is 4.79 Å². The van der Waals surface area contributed by atoms with Gasteiger partial charge < -0.3 is 10.2 Å². The van der Waals surface area contributed by atoms with E-state index in [2.05, 4.69) is 24.1 Å². The van der Waals surface area contributed by atoms with Crippen molar-refractivity contribution in [2.45, 2.75) is 33.6 Å². The molecule has 0 saturated carbocycles. The van der Waals surface area contributed by atoms with Gasteiger partial charge in [0.25, 0.3) is 11.5 Å². The molecule has 1 saturated heterocycles. The van der Waals surface area contributed by atoms with Gasteiger partial charge in [0.05, 0.1) is 16.6 Å². The Bertz CT molecular complexity index is 1130. The SMILES string of the molecule is Cc1ccc(-n2c(N3CCCC3)nc3cc(C(=O)NCC(C)C)ccc3c2=O)cc1. The highest BCUT2D eigenvalue weighted by atomic mass is 16.1. The number of carbonyl (C=O) groups excluding carboxylic acids is 1. The highest BCUT2D eigenvalue weighted by molar-refractivity contribution is 5.97. The van der Waals surface area contributed by atoms with Crippen LogP contribution in [0.3, 0.4) is 0 Å². The van der Waals surface area contributed by atoms with Gasteiger partial charge in [-0.3, -0.25) is 9.59 Å². The molecule has 0 atom stereocenters. The van der Waals surface area contributed by atoms with Crippen LogP contribution in [0.1, 0.15) is 42.6 Å². The zero-order valence-corrected chi connectivity index (χ0v) is 17.8. The van der Waals surface area contributed by atoms with Crippen LogP contribution in [0.2, 0.25) is 0 Å². The monoisotopic (exact) mass is 404 g/mol. The lowest BCUT2D eigenvalue weighted by atomic mass is 10.1. The first-order valence-corrected chi connectivity index (χ1v) is 10.6. The lowest BCUT2D eigenvalue weighted by Crippen LogP contribution is -2.31. The Morgan fingerprint density at radius 3 is 2.47 bits per heavy atom. The molecular weight excluding hydrogens is 376 g/mol. The summed E-state index contributed by atoms with van der Waals surface area (Å²) in [6.45, 7) is 8.49. The Labute approximate surface area is 176 Å². The highest BCUT2D eigenvalue weighted by Gasteiger charge is 2.21. The summed E-state index contributed by atoms with van der Waals surface area (Å²) in [4.78, 5) is 33.0. The molecule has 156 valence electrons. The molecule has 2 heterocycles. The van der Waals surface area contributed by atoms with Gasteiger partial charge in [-0.1, -0.05) is 31.5 Å². The van der Waals surface area contributed by atoms with Crippen molar-refractivity contribution in [2.24, 2.45) is 5.92 Å². The molecule has 0 aliphatic carbocycles. The molecule has 1 aromatic heterocycles. The van der Waals surface area contributed by atoms with E-state index in [9.17, 15) is 9.59 Å². The Balaban J connectivity index is 1.85. The lowest BCUT2D eigenvalue weighted by Gasteiger charge is -2.22. The van der Waals surface area contributed by atoms with Crippen molar-refractivity contribution in [3.63, 3.8) is 0 Å². The van der Waals surface area contributed by atoms with Gasteiger partial charge in [-0.25, -0.2) is 9.55 Å². The fourth-order valence-corrected chi connectivity index (χ4v) is 3.77. The second kappa shape index (κ2) is 8.30. The molecular formula is C24H28N4O2. The Morgan fingerprint density at radius 1 is 1.10 bits per heavy atom. The number of amides is 1. The van der Waals surface area contributed by atoms with Crippen molar-refractivity contribution in [3.05, 3.63) is 63.9 Å². The average Bonchev–Trinajstić information content (AvgIpc) is 3.27. The standard InChI is InChI=1S/C24H28N4O2/c1-16(2)15-25-22(29)18-8-11-20-21(14-18)26-24(27-12-4-5-13-27)28(23(20)30)19-9-6-17(3)7-10-19/h6-11,14,16H,4-5,12-13,15H2,1-3H3,(H,25,29). The van der Waals surface area contributed by atoms with Gasteiger partial charge in [0.1, 0.15) is 0 Å². The molecule has 6 heteroatoms. The normalized spacial score (nSPS) is 13.9. The lowest BCUT2D eigenvalue weighted by molar-refractivity contribution is 0.0949. The first-order valence-electron chi connectivity index (χ1n) is 10.6. The first-order chi connectivity index (χ1) is 14.4. The summed E-state index contributed by atoms with van der Waals surface area (Å²) in [5, 5.41) is 3.44. The molecule has 1 amide bonds. The van der Waals surface area contributed by atoms with Crippen molar-refractivity contribution in [1.29, 1.82) is 0 Å². The fourth-order valence-electron chi connectivity index (χ4n) is 3.77. The maximum absolute atomic E-state index is 13.5. The Hall–Kier alpha value is -3.15. The number of fused-ring (bicyclic) bond motifs is 1. The molecule has 0 radical (unpaired) electrons. The summed E-state index contributed by atoms with van der Waals surface area (Å²) in [5.41, 5.74) is 2.92. The van der Waals surface area contributed by atoms with Gasteiger partial charge in [0.15, 0.2) is 0 Å². The molecule has 2 aromatic carbocycles. The van der Waals surface area contributed by atoms with E-state index in [1.807, 2.05) is 31.2 Å². The topological polar surface area (TPSA) is 67.2 Å². The molecule has 0 unspecified atom stereocenters. The largest absolute Gasteiger partial charge is 0.352 e. The number of rotatable bonds is 5. The van der Waals surface area contributed by atoms with Crippen LogP contribution in [0.15, 0.2) is 47.3 Å². The van der Waals surface area contributed by atoms with E-state index < -0.39 is 0 Å². The van der Waals surface area contributed by atoms with Gasteiger partial charge in [-0.05, 0) is 56.0 Å². The number of carbonyl (C=O) groups is 1. The van der Waals surface area contributed by atoms with Crippen LogP contribution >= 0.6 is 0 Å². The summed E-state index contributed by atoms with van der Waals surface area (Å²) in [7, 11) is 0. The minimum absolute atomic E-state index is 0.111. The Morgan fingerprint density at radius 2 is 1.80 bits per heavy atom. The van der Waals surface area contributed by atoms with E-state index in [1.54, 1.807) is 22.8 Å². The van der Waals surface area contributed by atoms with Gasteiger partial charge in [0, 0.05) is 25.2 Å². The molecule has 3 aromatic rings. The number of nitrogens with one attached hydrogen (secondary N) is 1. The number of hydrogen-bond acceptors (Lipinski definition) is 4. The molecule has 0 spiro atoms. The number of nitrogens with zero attached hydrogens (tertiary/aromatic N) is 3. The average molecular weight is 405 g/mol. The molecule has 1 fully saturated rings. The summed E-state index contributed by atoms with van der Waals surface area (Å²) < 4.78 is 1.70. The van der Waals surface area contributed by atoms with Crippen molar-refractivity contribution in [1.82, 2.24) is 14.9 Å². The van der Waals surface area contributed by atoms with E-state index in [1.165, 1.54) is 0 Å². The third kappa shape index (κ3) is 3.95. The number of anilines is 1. The smallest absolute Gasteiger partial charge is 0.267 e. The van der Waals surface area contributed by atoms with Gasteiger partial charge in [0.2, 0.25) is 5.95 Å². The van der Waals surface area contributed by atoms with E-state index in [-0.39, 0.29) is 11.5 Å². The van der Waals surface area contributed by atoms with Gasteiger partial charge in [-0.15, -0.1) is 0 Å². The highest BCUT2D eigenvalue weighted by Crippen LogP contribution is 2.23. The quantitative estimate of drug-likeness (QED) is 0.704. The summed E-state index contributed by atoms with van der Waals surface area (Å²) in [6, 6.07) is 13.1. The molecule has 30 heavy (non-hydrogen) atoms. The van der Waals surface area contributed by atoms with Crippen molar-refractivity contribution in [3.8, 4) is 5.69 Å². The predicted octanol–water partition coefficient (Wildman–Crippen LogP) is 3.68. The molecule has 4 rings (SSSR count). The molecule has 6 nitrogen and oxygen atoms in total. The summed E-state index contributed by atoms with van der Waals surface area (Å²) in [5.74, 6) is 0.877. The molecule has 1 aliphatic rings. The predicted molar refractivity (Wildman–Crippen MR) is 121 cm³/mol. The van der Waals surface area contributed by atoms with Gasteiger partial charge >= 0.3 is 0 Å². The number of aryl methyl sites for hydroxylation is 1. The van der Waals surface area contributed by atoms with E-state index in [0.29, 0.717) is 34.9 Å². The second-order valence-electron chi connectivity index (χ2n) is 8.42. The minimum Gasteiger partial charge on any atom is -0.352 e. The summed E-state index contributed by atoms with van der Waals surface area (Å²) >= 11 is 0.